The Bertz CT molecular complexity index is 4390. The Kier molecular flexibility index (Phi) is 36.5. The lowest BCUT2D eigenvalue weighted by Gasteiger charge is -2.36. The summed E-state index contributed by atoms with van der Waals surface area (Å²) in [5.74, 6) is -3.89. The minimum absolute atomic E-state index is 0.00790. The summed E-state index contributed by atoms with van der Waals surface area (Å²) in [6, 6.07) is 0. The molecule has 4 aromatic rings. The molecule has 6 heterocycles. The van der Waals surface area contributed by atoms with Gasteiger partial charge in [0.25, 0.3) is 0 Å². The molecule has 8 bridgehead atoms. The van der Waals surface area contributed by atoms with E-state index in [2.05, 4.69) is 16.0 Å². The summed E-state index contributed by atoms with van der Waals surface area (Å²) in [6.45, 7) is 15.3. The molecule has 0 spiro atoms. The van der Waals surface area contributed by atoms with Crippen LogP contribution in [-0.4, -0.2) is 171 Å². The van der Waals surface area contributed by atoms with Gasteiger partial charge in [-0.1, -0.05) is 238 Å². The number of aliphatic hydroxyl groups excluding tert-OH is 5. The number of methoxy groups -OCH3 is 2. The molecule has 11 N–H and O–H groups in total. The third-order valence-corrected chi connectivity index (χ3v) is 21.9. The number of ether oxygens (including phenoxy) is 6. The molecule has 15 atom stereocenters. The van der Waals surface area contributed by atoms with E-state index in [1.165, 1.54) is 39.3 Å². The highest BCUT2D eigenvalue weighted by Gasteiger charge is 2.44. The standard InChI is InChI=1S/C92H121N7O19/c1-89(2,72(101)41-23-27-50-93)77-46-19-15-11-13-17-38-65(109-9)56-81-97-68(58-112-81)86(106)117-78(91(5,6)73(102)42-24-28-51-94)47-33-37-64-55-62(64)35-31-39-66(83-98-69(59-113-83)87(107)116-77)82-71(110-10)40-18-14-12-16-20-45-76(90(3,4)75(104)44-26-30-53-100)115-85(105)67-57-111-80(96-67)49-22-21-34-61-54-63(61)36-32-48-79(92(7,8)74(103)43-25-29-52-95)118-88(108)70-60-114-84(82)99-70/h11-26,31-44,49,57-65,71-79,82,100-104H,27-30,45-48,50-56,93-95H2,1-10H3/b13-11-,14-12-,19-15-,20-16-,34-21+,35-31+,36-32-,37-33-,38-17+,40-18+,41-23+,42-24+,43-25+,44-26+,49-22-,66-39-/t61-,62-,63+,64+,65+,71+,72+,73+,74+,75+,76+,77+,78+,79+,82?/m1/s1. The molecule has 26 nitrogen and oxygen atoms in total. The van der Waals surface area contributed by atoms with Crippen LogP contribution in [0.5, 0.6) is 0 Å². The van der Waals surface area contributed by atoms with Gasteiger partial charge in [-0.15, -0.1) is 0 Å². The van der Waals surface area contributed by atoms with Crippen molar-refractivity contribution < 1.29 is 90.8 Å². The van der Waals surface area contributed by atoms with Gasteiger partial charge in [0, 0.05) is 79.8 Å². The largest absolute Gasteiger partial charge is 0.457 e. The number of allylic oxidation sites excluding steroid dienone is 16. The predicted octanol–water partition coefficient (Wildman–Crippen LogP) is 13.5. The van der Waals surface area contributed by atoms with Gasteiger partial charge in [0.15, 0.2) is 28.7 Å². The number of aromatic nitrogens is 4. The fourth-order valence-corrected chi connectivity index (χ4v) is 13.2. The van der Waals surface area contributed by atoms with Gasteiger partial charge in [-0.2, -0.15) is 0 Å². The molecule has 2 aliphatic heterocycles. The number of esters is 4. The number of fused-ring (bicyclic) bond motifs is 10. The third-order valence-electron chi connectivity index (χ3n) is 21.9. The molecule has 8 rings (SSSR count). The van der Waals surface area contributed by atoms with Crippen molar-refractivity contribution in [1.82, 2.24) is 19.9 Å². The average molecular weight is 1630 g/mol. The first-order valence-electron chi connectivity index (χ1n) is 40.5. The van der Waals surface area contributed by atoms with Crippen LogP contribution in [0.3, 0.4) is 0 Å². The fourth-order valence-electron chi connectivity index (χ4n) is 13.2. The second-order valence-corrected chi connectivity index (χ2v) is 32.1. The van der Waals surface area contributed by atoms with E-state index in [0.717, 1.165) is 6.42 Å². The van der Waals surface area contributed by atoms with E-state index in [4.69, 9.17) is 73.3 Å². The van der Waals surface area contributed by atoms with E-state index in [1.54, 1.807) is 167 Å². The second-order valence-electron chi connectivity index (χ2n) is 32.1. The third kappa shape index (κ3) is 27.4. The maximum Gasteiger partial charge on any atom is 0.360 e. The lowest BCUT2D eigenvalue weighted by Crippen LogP contribution is -2.42. The predicted molar refractivity (Wildman–Crippen MR) is 449 cm³/mol. The van der Waals surface area contributed by atoms with Crippen LogP contribution < -0.4 is 17.2 Å². The van der Waals surface area contributed by atoms with Crippen molar-refractivity contribution in [2.24, 2.45) is 62.5 Å². The zero-order valence-electron chi connectivity index (χ0n) is 69.4. The number of nitrogens with zero attached hydrogens (tertiary/aromatic N) is 4. The van der Waals surface area contributed by atoms with Gasteiger partial charge >= 0.3 is 23.9 Å². The molecule has 0 amide bonds. The molecule has 4 aliphatic rings. The molecule has 0 radical (unpaired) electrons. The highest BCUT2D eigenvalue weighted by Crippen LogP contribution is 2.45. The molecular formula is C92H121N7O19. The van der Waals surface area contributed by atoms with E-state index < -0.39 is 112 Å². The minimum atomic E-state index is -1.16. The quantitative estimate of drug-likeness (QED) is 0.0194. The lowest BCUT2D eigenvalue weighted by molar-refractivity contribution is -0.0462. The van der Waals surface area contributed by atoms with Crippen LogP contribution in [0.15, 0.2) is 225 Å². The summed E-state index contributed by atoms with van der Waals surface area (Å²) in [5.41, 5.74) is 12.8. The summed E-state index contributed by atoms with van der Waals surface area (Å²) in [4.78, 5) is 76.3. The Hall–Kier alpha value is -9.84. The van der Waals surface area contributed by atoms with Crippen molar-refractivity contribution in [3.63, 3.8) is 0 Å². The zero-order chi connectivity index (χ0) is 85.4. The fraction of sp³-hybridized carbons (Fsp3) is 0.478. The SMILES string of the molecule is CO[C@H]1/C=C/C=C\C=C/C[C@@H](C(C)(C)[C@@H](O)/C=C/CCO)OC(=O)c2coc(n2)/C=C\C=C\[C@@H]2C[C@@H]2/C=C\C[C@@H](C(C)(C)[C@@H](O)/C=C/CCN)OC(=O)c2coc(n2)C1/C1=C/C=C/[C@@H]2C[C@@H]2/C=C\C[C@@H](C(C)(C)[C@@H](O)/C=C/CCN)OC(=O)c2coc(n2)C[C@@H](OC)/C=C/C=C\C=C/C[C@@H](C(C)(C)[C@@H](O)/C=C/CCN)OC(=O)c2coc1n2. The number of aliphatic hydroxyl groups is 5. The van der Waals surface area contributed by atoms with E-state index in [1.807, 2.05) is 70.2 Å². The Labute approximate surface area is 692 Å². The minimum Gasteiger partial charge on any atom is -0.457 e. The number of rotatable bonds is 23. The van der Waals surface area contributed by atoms with Gasteiger partial charge in [-0.25, -0.2) is 39.1 Å². The Morgan fingerprint density at radius 2 is 0.856 bits per heavy atom. The number of hydrogen-bond donors (Lipinski definition) is 8. The van der Waals surface area contributed by atoms with E-state index in [0.29, 0.717) is 51.7 Å². The van der Waals surface area contributed by atoms with Crippen molar-refractivity contribution in [2.45, 2.75) is 193 Å². The van der Waals surface area contributed by atoms with Crippen LogP contribution in [0.25, 0.3) is 11.6 Å². The second kappa shape index (κ2) is 45.9. The number of carbonyl (C=O) groups excluding carboxylic acids is 4. The number of hydrogen-bond acceptors (Lipinski definition) is 26. The molecule has 4 aromatic heterocycles. The summed E-state index contributed by atoms with van der Waals surface area (Å²) >= 11 is 0. The number of nitrogens with two attached hydrogens (primary N) is 3. The molecule has 0 saturated heterocycles. The molecule has 2 aliphatic carbocycles. The number of cyclic esters (lactones) is 4. The maximum atomic E-state index is 14.9. The number of carbonyl (C=O) groups is 4. The van der Waals surface area contributed by atoms with Crippen LogP contribution in [0.1, 0.15) is 191 Å². The van der Waals surface area contributed by atoms with Crippen molar-refractivity contribution in [2.75, 3.05) is 40.5 Å². The van der Waals surface area contributed by atoms with Gasteiger partial charge in [-0.3, -0.25) is 0 Å². The summed E-state index contributed by atoms with van der Waals surface area (Å²) in [6.07, 6.45) is 54.9. The first-order chi connectivity index (χ1) is 56.6. The van der Waals surface area contributed by atoms with Crippen molar-refractivity contribution >= 4 is 35.5 Å². The van der Waals surface area contributed by atoms with Crippen LogP contribution in [-0.2, 0) is 34.8 Å². The number of oxazole rings is 4. The van der Waals surface area contributed by atoms with E-state index in [9.17, 15) is 44.7 Å². The first-order valence-corrected chi connectivity index (χ1v) is 40.5. The van der Waals surface area contributed by atoms with Crippen LogP contribution in [0, 0.1) is 45.3 Å². The van der Waals surface area contributed by atoms with Crippen molar-refractivity contribution in [3.05, 3.63) is 254 Å². The topological polar surface area (TPSA) is 407 Å². The van der Waals surface area contributed by atoms with E-state index in [-0.39, 0.29) is 114 Å². The van der Waals surface area contributed by atoms with Crippen molar-refractivity contribution in [3.8, 4) is 0 Å². The van der Waals surface area contributed by atoms with Crippen LogP contribution in [0.2, 0.25) is 0 Å². The average Bonchev–Trinajstić information content (AvgIpc) is 1.61. The molecule has 0 aromatic carbocycles. The maximum absolute atomic E-state index is 14.9. The highest BCUT2D eigenvalue weighted by molar-refractivity contribution is 5.89. The summed E-state index contributed by atoms with van der Waals surface area (Å²) in [7, 11) is 3.01. The molecular weight excluding hydrogens is 1510 g/mol. The molecule has 26 heteroatoms. The van der Waals surface area contributed by atoms with Gasteiger partial charge in [-0.05, 0) is 81.8 Å². The highest BCUT2D eigenvalue weighted by atomic mass is 16.6. The van der Waals surface area contributed by atoms with Gasteiger partial charge in [0.1, 0.15) is 49.5 Å². The Morgan fingerprint density at radius 3 is 1.34 bits per heavy atom. The molecule has 2 fully saturated rings. The molecule has 1 unspecified atom stereocenters. The Morgan fingerprint density at radius 1 is 0.449 bits per heavy atom. The summed E-state index contributed by atoms with van der Waals surface area (Å²) in [5, 5.41) is 56.2. The van der Waals surface area contributed by atoms with Crippen LogP contribution in [0.4, 0.5) is 0 Å². The normalized spacial score (nSPS) is 28.2. The molecule has 638 valence electrons. The molecule has 2 saturated carbocycles. The Balaban J connectivity index is 1.25. The van der Waals surface area contributed by atoms with Gasteiger partial charge in [0.2, 0.25) is 17.7 Å². The van der Waals surface area contributed by atoms with Crippen LogP contribution >= 0.6 is 0 Å². The first kappa shape index (κ1) is 93.7. The van der Waals surface area contributed by atoms with Gasteiger partial charge < -0.3 is 88.8 Å². The monoisotopic (exact) mass is 1630 g/mol. The molecule has 118 heavy (non-hydrogen) atoms. The smallest absolute Gasteiger partial charge is 0.360 e. The van der Waals surface area contributed by atoms with Gasteiger partial charge in [0.05, 0.1) is 49.0 Å². The lowest BCUT2D eigenvalue weighted by atomic mass is 9.78. The van der Waals surface area contributed by atoms with Crippen molar-refractivity contribution in [1.29, 1.82) is 0 Å². The zero-order valence-corrected chi connectivity index (χ0v) is 69.4. The van der Waals surface area contributed by atoms with E-state index >= 15 is 0 Å². The summed E-state index contributed by atoms with van der Waals surface area (Å²) < 4.78 is 61.5.